The summed E-state index contributed by atoms with van der Waals surface area (Å²) in [5, 5.41) is 8.54. The Morgan fingerprint density at radius 1 is 1.35 bits per heavy atom. The summed E-state index contributed by atoms with van der Waals surface area (Å²) >= 11 is 0. The summed E-state index contributed by atoms with van der Waals surface area (Å²) in [6.45, 7) is 0. The van der Waals surface area contributed by atoms with E-state index in [1.807, 2.05) is 0 Å². The molecule has 0 heterocycles. The number of nitrogens with two attached hydrogens (primary N) is 1. The minimum absolute atomic E-state index is 0.0108. The Balaban J connectivity index is 2.81. The Morgan fingerprint density at radius 3 is 2.47 bits per heavy atom. The molecule has 0 unspecified atom stereocenters. The molecule has 0 amide bonds. The third-order valence-electron chi connectivity index (χ3n) is 2.36. The summed E-state index contributed by atoms with van der Waals surface area (Å²) in [6.07, 6.45) is -4.46. The lowest BCUT2D eigenvalue weighted by molar-refractivity contribution is -0.138. The van der Waals surface area contributed by atoms with Crippen molar-refractivity contribution >= 4 is 5.97 Å². The van der Waals surface area contributed by atoms with E-state index in [-0.39, 0.29) is 18.4 Å². The highest BCUT2D eigenvalue weighted by molar-refractivity contribution is 5.73. The van der Waals surface area contributed by atoms with Gasteiger partial charge in [-0.1, -0.05) is 18.2 Å². The number of hydrogen-bond acceptors (Lipinski definition) is 2. The summed E-state index contributed by atoms with van der Waals surface area (Å²) < 4.78 is 37.8. The van der Waals surface area contributed by atoms with E-state index >= 15 is 0 Å². The van der Waals surface area contributed by atoms with Gasteiger partial charge in [0.1, 0.15) is 6.04 Å². The molecule has 1 aromatic rings. The highest BCUT2D eigenvalue weighted by Gasteiger charge is 2.32. The first kappa shape index (κ1) is 13.5. The maximum Gasteiger partial charge on any atom is 0.416 e. The first-order chi connectivity index (χ1) is 7.82. The van der Waals surface area contributed by atoms with Crippen LogP contribution < -0.4 is 5.73 Å². The van der Waals surface area contributed by atoms with Gasteiger partial charge in [-0.2, -0.15) is 13.2 Å². The molecule has 3 nitrogen and oxygen atoms in total. The number of hydrogen-bond donors (Lipinski definition) is 2. The van der Waals surface area contributed by atoms with Gasteiger partial charge in [0.2, 0.25) is 0 Å². The number of alkyl halides is 3. The molecule has 94 valence electrons. The number of aryl methyl sites for hydroxylation is 1. The third kappa shape index (κ3) is 3.74. The molecule has 1 rings (SSSR count). The largest absolute Gasteiger partial charge is 0.480 e. The number of halogens is 3. The van der Waals surface area contributed by atoms with E-state index in [1.54, 1.807) is 0 Å². The lowest BCUT2D eigenvalue weighted by Gasteiger charge is -2.13. The molecule has 0 bridgehead atoms. The SMILES string of the molecule is N[C@H](CCc1ccccc1C(F)(F)F)C(=O)O. The maximum absolute atomic E-state index is 12.6. The van der Waals surface area contributed by atoms with Crippen molar-refractivity contribution in [2.75, 3.05) is 0 Å². The Morgan fingerprint density at radius 2 is 1.94 bits per heavy atom. The smallest absolute Gasteiger partial charge is 0.416 e. The van der Waals surface area contributed by atoms with Gasteiger partial charge in [0.25, 0.3) is 0 Å². The minimum Gasteiger partial charge on any atom is -0.480 e. The van der Waals surface area contributed by atoms with Crippen LogP contribution in [0.15, 0.2) is 24.3 Å². The van der Waals surface area contributed by atoms with E-state index in [4.69, 9.17) is 10.8 Å². The van der Waals surface area contributed by atoms with E-state index in [0.717, 1.165) is 6.07 Å². The number of aliphatic carboxylic acids is 1. The zero-order valence-electron chi connectivity index (χ0n) is 8.87. The van der Waals surface area contributed by atoms with Crippen LogP contribution >= 0.6 is 0 Å². The average molecular weight is 247 g/mol. The second kappa shape index (κ2) is 5.18. The number of carboxylic acid groups (broad SMARTS) is 1. The summed E-state index contributed by atoms with van der Waals surface area (Å²) in [4.78, 5) is 10.5. The lowest BCUT2D eigenvalue weighted by atomic mass is 10.00. The van der Waals surface area contributed by atoms with Gasteiger partial charge in [0.05, 0.1) is 5.56 Å². The topological polar surface area (TPSA) is 63.3 Å². The van der Waals surface area contributed by atoms with Crippen LogP contribution in [0.2, 0.25) is 0 Å². The number of carbonyl (C=O) groups is 1. The normalized spacial score (nSPS) is 13.4. The molecule has 6 heteroatoms. The van der Waals surface area contributed by atoms with E-state index in [0.29, 0.717) is 0 Å². The van der Waals surface area contributed by atoms with Crippen molar-refractivity contribution in [1.29, 1.82) is 0 Å². The van der Waals surface area contributed by atoms with Crippen molar-refractivity contribution in [2.45, 2.75) is 25.1 Å². The van der Waals surface area contributed by atoms with E-state index in [1.165, 1.54) is 18.2 Å². The number of rotatable bonds is 4. The van der Waals surface area contributed by atoms with Crippen LogP contribution in [0.5, 0.6) is 0 Å². The van der Waals surface area contributed by atoms with Crippen LogP contribution in [0, 0.1) is 0 Å². The van der Waals surface area contributed by atoms with Gasteiger partial charge in [-0.15, -0.1) is 0 Å². The molecule has 17 heavy (non-hydrogen) atoms. The summed E-state index contributed by atoms with van der Waals surface area (Å²) in [5.74, 6) is -1.21. The van der Waals surface area contributed by atoms with Crippen molar-refractivity contribution in [3.63, 3.8) is 0 Å². The Bertz CT molecular complexity index is 404. The van der Waals surface area contributed by atoms with Crippen molar-refractivity contribution in [3.8, 4) is 0 Å². The zero-order valence-corrected chi connectivity index (χ0v) is 8.87. The Labute approximate surface area is 96.0 Å². The molecular formula is C11H12F3NO2. The molecule has 1 atom stereocenters. The molecule has 0 aliphatic heterocycles. The van der Waals surface area contributed by atoms with Crippen molar-refractivity contribution in [1.82, 2.24) is 0 Å². The molecule has 0 radical (unpaired) electrons. The summed E-state index contributed by atoms with van der Waals surface area (Å²) in [7, 11) is 0. The van der Waals surface area contributed by atoms with Crippen molar-refractivity contribution < 1.29 is 23.1 Å². The fraction of sp³-hybridized carbons (Fsp3) is 0.364. The molecular weight excluding hydrogens is 235 g/mol. The molecule has 0 spiro atoms. The summed E-state index contributed by atoms with van der Waals surface area (Å²) in [5.41, 5.74) is 4.57. The van der Waals surface area contributed by atoms with Gasteiger partial charge in [-0.25, -0.2) is 0 Å². The average Bonchev–Trinajstić information content (AvgIpc) is 2.24. The van der Waals surface area contributed by atoms with Crippen LogP contribution in [-0.4, -0.2) is 17.1 Å². The first-order valence-corrected chi connectivity index (χ1v) is 4.96. The molecule has 0 aromatic heterocycles. The van der Waals surface area contributed by atoms with Crippen LogP contribution in [0.25, 0.3) is 0 Å². The van der Waals surface area contributed by atoms with Gasteiger partial charge < -0.3 is 10.8 Å². The predicted molar refractivity (Wildman–Crippen MR) is 55.4 cm³/mol. The fourth-order valence-electron chi connectivity index (χ4n) is 1.45. The van der Waals surface area contributed by atoms with Crippen molar-refractivity contribution in [3.05, 3.63) is 35.4 Å². The maximum atomic E-state index is 12.6. The zero-order chi connectivity index (χ0) is 13.1. The molecule has 0 aliphatic carbocycles. The molecule has 0 aliphatic rings. The van der Waals surface area contributed by atoms with Gasteiger partial charge in [0.15, 0.2) is 0 Å². The molecule has 3 N–H and O–H groups in total. The van der Waals surface area contributed by atoms with Gasteiger partial charge in [-0.3, -0.25) is 4.79 Å². The second-order valence-electron chi connectivity index (χ2n) is 3.64. The Kier molecular flexibility index (Phi) is 4.11. The molecule has 0 saturated heterocycles. The van der Waals surface area contributed by atoms with E-state index in [2.05, 4.69) is 0 Å². The molecule has 1 aromatic carbocycles. The van der Waals surface area contributed by atoms with Crippen LogP contribution in [0.1, 0.15) is 17.5 Å². The number of carboxylic acids is 1. The third-order valence-corrected chi connectivity index (χ3v) is 2.36. The van der Waals surface area contributed by atoms with E-state index < -0.39 is 23.8 Å². The fourth-order valence-corrected chi connectivity index (χ4v) is 1.45. The monoisotopic (exact) mass is 247 g/mol. The van der Waals surface area contributed by atoms with Crippen LogP contribution in [0.3, 0.4) is 0 Å². The van der Waals surface area contributed by atoms with Crippen LogP contribution in [0.4, 0.5) is 13.2 Å². The first-order valence-electron chi connectivity index (χ1n) is 4.96. The highest BCUT2D eigenvalue weighted by atomic mass is 19.4. The lowest BCUT2D eigenvalue weighted by Crippen LogP contribution is -2.30. The molecule has 0 fully saturated rings. The summed E-state index contributed by atoms with van der Waals surface area (Å²) in [6, 6.07) is 3.94. The van der Waals surface area contributed by atoms with Gasteiger partial charge >= 0.3 is 12.1 Å². The minimum atomic E-state index is -4.43. The quantitative estimate of drug-likeness (QED) is 0.855. The van der Waals surface area contributed by atoms with E-state index in [9.17, 15) is 18.0 Å². The highest BCUT2D eigenvalue weighted by Crippen LogP contribution is 2.32. The van der Waals surface area contributed by atoms with Crippen LogP contribution in [-0.2, 0) is 17.4 Å². The van der Waals surface area contributed by atoms with Gasteiger partial charge in [-0.05, 0) is 24.5 Å². The van der Waals surface area contributed by atoms with Crippen molar-refractivity contribution in [2.24, 2.45) is 5.73 Å². The number of benzene rings is 1. The molecule has 0 saturated carbocycles. The predicted octanol–water partition coefficient (Wildman–Crippen LogP) is 2.05. The second-order valence-corrected chi connectivity index (χ2v) is 3.64. The Hall–Kier alpha value is -1.56. The van der Waals surface area contributed by atoms with Gasteiger partial charge in [0, 0.05) is 0 Å². The standard InChI is InChI=1S/C11H12F3NO2/c12-11(13,14)8-4-2-1-3-7(8)5-6-9(15)10(16)17/h1-4,9H,5-6,15H2,(H,16,17)/t9-/m1/s1.